The highest BCUT2D eigenvalue weighted by Gasteiger charge is 2.16. The van der Waals surface area contributed by atoms with Crippen molar-refractivity contribution in [2.45, 2.75) is 13.3 Å². The fraction of sp³-hybridized carbons (Fsp3) is 0.200. The molecule has 2 heterocycles. The third-order valence-corrected chi connectivity index (χ3v) is 4.53. The monoisotopic (exact) mass is 286 g/mol. The van der Waals surface area contributed by atoms with E-state index < -0.39 is 0 Å². The average Bonchev–Trinajstić information content (AvgIpc) is 3.06. The fourth-order valence-electron chi connectivity index (χ4n) is 2.26. The Labute approximate surface area is 120 Å². The topological polar surface area (TPSA) is 55.0 Å². The highest BCUT2D eigenvalue weighted by molar-refractivity contribution is 7.21. The highest BCUT2D eigenvalue weighted by Crippen LogP contribution is 2.32. The van der Waals surface area contributed by atoms with Gasteiger partial charge in [-0.2, -0.15) is 0 Å². The molecule has 1 aromatic carbocycles. The summed E-state index contributed by atoms with van der Waals surface area (Å²) in [6.07, 6.45) is 4.32. The summed E-state index contributed by atoms with van der Waals surface area (Å²) in [5.74, 6) is 0.669. The van der Waals surface area contributed by atoms with Gasteiger partial charge in [-0.3, -0.25) is 0 Å². The molecular weight excluding hydrogens is 272 g/mol. The number of fused-ring (bicyclic) bond motifs is 1. The van der Waals surface area contributed by atoms with E-state index in [-0.39, 0.29) is 5.97 Å². The molecule has 4 nitrogen and oxygen atoms in total. The smallest absolute Gasteiger partial charge is 0.348 e. The van der Waals surface area contributed by atoms with Crippen molar-refractivity contribution in [3.05, 3.63) is 52.4 Å². The van der Waals surface area contributed by atoms with Gasteiger partial charge in [0, 0.05) is 23.5 Å². The zero-order valence-electron chi connectivity index (χ0n) is 11.3. The Hall–Kier alpha value is -2.14. The molecule has 0 atom stereocenters. The number of nitrogens with one attached hydrogen (secondary N) is 1. The van der Waals surface area contributed by atoms with Gasteiger partial charge < -0.3 is 9.72 Å². The number of rotatable bonds is 3. The molecule has 0 spiro atoms. The molecule has 0 amide bonds. The minimum atomic E-state index is -0.267. The zero-order chi connectivity index (χ0) is 14.1. The largest absolute Gasteiger partial charge is 0.465 e. The first-order valence-electron chi connectivity index (χ1n) is 6.27. The van der Waals surface area contributed by atoms with Crippen LogP contribution in [-0.4, -0.2) is 23.0 Å². The maximum atomic E-state index is 11.7. The Balaban J connectivity index is 2.01. The van der Waals surface area contributed by atoms with Crippen LogP contribution in [0.15, 0.2) is 30.6 Å². The number of thiophene rings is 1. The second-order valence-electron chi connectivity index (χ2n) is 4.59. The summed E-state index contributed by atoms with van der Waals surface area (Å²) in [7, 11) is 1.41. The van der Waals surface area contributed by atoms with E-state index in [0.717, 1.165) is 27.9 Å². The van der Waals surface area contributed by atoms with Crippen LogP contribution in [0.4, 0.5) is 0 Å². The summed E-state index contributed by atoms with van der Waals surface area (Å²) < 4.78 is 5.92. The lowest BCUT2D eigenvalue weighted by Gasteiger charge is -1.99. The first-order chi connectivity index (χ1) is 9.69. The van der Waals surface area contributed by atoms with E-state index in [2.05, 4.69) is 28.2 Å². The number of carbonyl (C=O) groups is 1. The molecule has 0 saturated heterocycles. The molecule has 0 fully saturated rings. The standard InChI is InChI=1S/C15H14N2O2S/c1-9-11-4-3-10(8-13-16-5-6-17-13)7-12(11)20-14(9)15(18)19-2/h3-7H,8H2,1-2H3,(H,16,17). The lowest BCUT2D eigenvalue weighted by Crippen LogP contribution is -1.99. The van der Waals surface area contributed by atoms with Crippen LogP contribution < -0.4 is 0 Å². The number of hydrogen-bond donors (Lipinski definition) is 1. The van der Waals surface area contributed by atoms with Crippen LogP contribution in [0.3, 0.4) is 0 Å². The Morgan fingerprint density at radius 1 is 1.45 bits per heavy atom. The average molecular weight is 286 g/mol. The second kappa shape index (κ2) is 5.09. The molecule has 0 radical (unpaired) electrons. The molecule has 0 bridgehead atoms. The molecule has 0 aliphatic carbocycles. The molecule has 102 valence electrons. The molecule has 5 heteroatoms. The van der Waals surface area contributed by atoms with Gasteiger partial charge in [-0.15, -0.1) is 11.3 Å². The van der Waals surface area contributed by atoms with Gasteiger partial charge in [-0.25, -0.2) is 9.78 Å². The minimum Gasteiger partial charge on any atom is -0.465 e. The van der Waals surface area contributed by atoms with Gasteiger partial charge in [0.25, 0.3) is 0 Å². The van der Waals surface area contributed by atoms with E-state index in [1.54, 1.807) is 6.20 Å². The lowest BCUT2D eigenvalue weighted by molar-refractivity contribution is 0.0605. The first kappa shape index (κ1) is 12.9. The van der Waals surface area contributed by atoms with Crippen molar-refractivity contribution < 1.29 is 9.53 Å². The van der Waals surface area contributed by atoms with Crippen molar-refractivity contribution in [3.63, 3.8) is 0 Å². The third kappa shape index (κ3) is 2.20. The van der Waals surface area contributed by atoms with Gasteiger partial charge in [0.2, 0.25) is 0 Å². The van der Waals surface area contributed by atoms with Gasteiger partial charge in [0.1, 0.15) is 10.7 Å². The van der Waals surface area contributed by atoms with E-state index in [1.165, 1.54) is 24.0 Å². The van der Waals surface area contributed by atoms with Crippen molar-refractivity contribution in [1.82, 2.24) is 9.97 Å². The number of aromatic amines is 1. The van der Waals surface area contributed by atoms with Crippen LogP contribution >= 0.6 is 11.3 Å². The minimum absolute atomic E-state index is 0.267. The summed E-state index contributed by atoms with van der Waals surface area (Å²) in [6, 6.07) is 6.25. The number of carbonyl (C=O) groups excluding carboxylic acids is 1. The number of nitrogens with zero attached hydrogens (tertiary/aromatic N) is 1. The van der Waals surface area contributed by atoms with Crippen molar-refractivity contribution in [2.75, 3.05) is 7.11 Å². The molecule has 20 heavy (non-hydrogen) atoms. The van der Waals surface area contributed by atoms with Gasteiger partial charge in [-0.1, -0.05) is 12.1 Å². The van der Waals surface area contributed by atoms with E-state index in [0.29, 0.717) is 4.88 Å². The SMILES string of the molecule is COC(=O)c1sc2cc(Cc3ncc[nH]3)ccc2c1C. The maximum absolute atomic E-state index is 11.7. The molecule has 2 aromatic heterocycles. The number of esters is 1. The van der Waals surface area contributed by atoms with Crippen LogP contribution in [0.25, 0.3) is 10.1 Å². The number of ether oxygens (including phenoxy) is 1. The Morgan fingerprint density at radius 3 is 3.00 bits per heavy atom. The summed E-state index contributed by atoms with van der Waals surface area (Å²) in [5, 5.41) is 1.11. The summed E-state index contributed by atoms with van der Waals surface area (Å²) in [5.41, 5.74) is 2.16. The summed E-state index contributed by atoms with van der Waals surface area (Å²) in [6.45, 7) is 1.96. The van der Waals surface area contributed by atoms with Crippen molar-refractivity contribution in [1.29, 1.82) is 0 Å². The van der Waals surface area contributed by atoms with E-state index >= 15 is 0 Å². The molecule has 3 rings (SSSR count). The van der Waals surface area contributed by atoms with Crippen molar-refractivity contribution in [3.8, 4) is 0 Å². The van der Waals surface area contributed by atoms with Crippen LogP contribution in [0, 0.1) is 6.92 Å². The van der Waals surface area contributed by atoms with Crippen molar-refractivity contribution in [2.24, 2.45) is 0 Å². The number of benzene rings is 1. The Kier molecular flexibility index (Phi) is 3.28. The normalized spacial score (nSPS) is 10.9. The fourth-order valence-corrected chi connectivity index (χ4v) is 3.45. The Bertz CT molecular complexity index is 760. The first-order valence-corrected chi connectivity index (χ1v) is 7.09. The van der Waals surface area contributed by atoms with Crippen LogP contribution in [0.1, 0.15) is 26.6 Å². The molecule has 3 aromatic rings. The summed E-state index contributed by atoms with van der Waals surface area (Å²) in [4.78, 5) is 19.7. The number of aromatic nitrogens is 2. The number of hydrogen-bond acceptors (Lipinski definition) is 4. The zero-order valence-corrected chi connectivity index (χ0v) is 12.1. The molecule has 0 aliphatic rings. The van der Waals surface area contributed by atoms with Gasteiger partial charge >= 0.3 is 5.97 Å². The predicted octanol–water partition coefficient (Wildman–Crippen LogP) is 3.31. The van der Waals surface area contributed by atoms with Crippen LogP contribution in [0.2, 0.25) is 0 Å². The maximum Gasteiger partial charge on any atom is 0.348 e. The van der Waals surface area contributed by atoms with E-state index in [9.17, 15) is 4.79 Å². The number of H-pyrrole nitrogens is 1. The van der Waals surface area contributed by atoms with Crippen LogP contribution in [0.5, 0.6) is 0 Å². The third-order valence-electron chi connectivity index (χ3n) is 3.30. The number of imidazole rings is 1. The van der Waals surface area contributed by atoms with Gasteiger partial charge in [0.15, 0.2) is 0 Å². The predicted molar refractivity (Wildman–Crippen MR) is 79.3 cm³/mol. The lowest BCUT2D eigenvalue weighted by atomic mass is 10.1. The molecule has 0 aliphatic heterocycles. The van der Waals surface area contributed by atoms with Crippen LogP contribution in [-0.2, 0) is 11.2 Å². The van der Waals surface area contributed by atoms with E-state index in [1.807, 2.05) is 13.1 Å². The van der Waals surface area contributed by atoms with Gasteiger partial charge in [-0.05, 0) is 29.5 Å². The molecule has 0 saturated carbocycles. The quantitative estimate of drug-likeness (QED) is 0.751. The number of aryl methyl sites for hydroxylation is 1. The molecular formula is C15H14N2O2S. The molecule has 1 N–H and O–H groups in total. The highest BCUT2D eigenvalue weighted by atomic mass is 32.1. The Morgan fingerprint density at radius 2 is 2.30 bits per heavy atom. The van der Waals surface area contributed by atoms with Crippen molar-refractivity contribution >= 4 is 27.4 Å². The summed E-state index contributed by atoms with van der Waals surface area (Å²) >= 11 is 1.48. The molecule has 0 unspecified atom stereocenters. The van der Waals surface area contributed by atoms with Gasteiger partial charge in [0.05, 0.1) is 7.11 Å². The number of methoxy groups -OCH3 is 1. The second-order valence-corrected chi connectivity index (χ2v) is 5.64. The van der Waals surface area contributed by atoms with E-state index in [4.69, 9.17) is 4.74 Å².